The zero-order valence-electron chi connectivity index (χ0n) is 8.12. The molecule has 0 aliphatic carbocycles. The maximum Gasteiger partial charge on any atom is 0.123 e. The van der Waals surface area contributed by atoms with Crippen molar-refractivity contribution in [3.63, 3.8) is 0 Å². The fourth-order valence-corrected chi connectivity index (χ4v) is 1.45. The van der Waals surface area contributed by atoms with E-state index in [9.17, 15) is 0 Å². The van der Waals surface area contributed by atoms with E-state index in [1.165, 1.54) is 12.8 Å². The largest absolute Gasteiger partial charge is 0.362 e. The quantitative estimate of drug-likeness (QED) is 0.518. The van der Waals surface area contributed by atoms with Gasteiger partial charge in [0.15, 0.2) is 0 Å². The van der Waals surface area contributed by atoms with Crippen molar-refractivity contribution in [1.29, 1.82) is 0 Å². The molecule has 0 aromatic heterocycles. The van der Waals surface area contributed by atoms with E-state index >= 15 is 0 Å². The number of nitrogens with zero attached hydrogens (tertiary/aromatic N) is 1. The Balaban J connectivity index is 2.33. The molecule has 0 aromatic rings. The Morgan fingerprint density at radius 1 is 1.58 bits per heavy atom. The SMILES string of the molecule is CCC(C)N(N)C1CCCCO1. The second-order valence-electron chi connectivity index (χ2n) is 3.53. The van der Waals surface area contributed by atoms with E-state index < -0.39 is 0 Å². The van der Waals surface area contributed by atoms with Gasteiger partial charge in [0.25, 0.3) is 0 Å². The summed E-state index contributed by atoms with van der Waals surface area (Å²) in [6.45, 7) is 5.15. The van der Waals surface area contributed by atoms with E-state index in [2.05, 4.69) is 13.8 Å². The lowest BCUT2D eigenvalue weighted by molar-refractivity contribution is -0.102. The van der Waals surface area contributed by atoms with Crippen molar-refractivity contribution in [2.75, 3.05) is 6.61 Å². The molecule has 1 fully saturated rings. The summed E-state index contributed by atoms with van der Waals surface area (Å²) >= 11 is 0. The molecule has 0 amide bonds. The number of hydrogen-bond acceptors (Lipinski definition) is 3. The predicted octanol–water partition coefficient (Wildman–Crippen LogP) is 1.49. The highest BCUT2D eigenvalue weighted by Crippen LogP contribution is 2.16. The van der Waals surface area contributed by atoms with E-state index in [-0.39, 0.29) is 6.23 Å². The number of rotatable bonds is 3. The maximum absolute atomic E-state index is 5.91. The predicted molar refractivity (Wildman–Crippen MR) is 49.4 cm³/mol. The van der Waals surface area contributed by atoms with Gasteiger partial charge >= 0.3 is 0 Å². The van der Waals surface area contributed by atoms with E-state index in [1.807, 2.05) is 5.01 Å². The summed E-state index contributed by atoms with van der Waals surface area (Å²) in [4.78, 5) is 0. The highest BCUT2D eigenvalue weighted by atomic mass is 16.5. The summed E-state index contributed by atoms with van der Waals surface area (Å²) in [5, 5.41) is 1.86. The monoisotopic (exact) mass is 172 g/mol. The minimum Gasteiger partial charge on any atom is -0.362 e. The van der Waals surface area contributed by atoms with Crippen LogP contribution in [-0.2, 0) is 4.74 Å². The van der Waals surface area contributed by atoms with Gasteiger partial charge in [-0.3, -0.25) is 5.84 Å². The molecule has 1 rings (SSSR count). The van der Waals surface area contributed by atoms with Gasteiger partial charge in [-0.05, 0) is 32.6 Å². The fraction of sp³-hybridized carbons (Fsp3) is 1.00. The number of hydrogen-bond donors (Lipinski definition) is 1. The summed E-state index contributed by atoms with van der Waals surface area (Å²) in [5.74, 6) is 5.91. The number of ether oxygens (including phenoxy) is 1. The van der Waals surface area contributed by atoms with E-state index in [0.29, 0.717) is 6.04 Å². The Morgan fingerprint density at radius 2 is 2.33 bits per heavy atom. The first kappa shape index (κ1) is 9.96. The molecule has 72 valence electrons. The molecule has 2 N–H and O–H groups in total. The molecule has 2 atom stereocenters. The van der Waals surface area contributed by atoms with Crippen LogP contribution in [0.3, 0.4) is 0 Å². The Hall–Kier alpha value is -0.120. The molecule has 3 nitrogen and oxygen atoms in total. The van der Waals surface area contributed by atoms with Crippen molar-refractivity contribution in [3.05, 3.63) is 0 Å². The minimum atomic E-state index is 0.161. The highest BCUT2D eigenvalue weighted by molar-refractivity contribution is 4.67. The van der Waals surface area contributed by atoms with Crippen LogP contribution < -0.4 is 5.84 Å². The molecule has 0 aromatic carbocycles. The molecule has 0 radical (unpaired) electrons. The molecular formula is C9H20N2O. The average molecular weight is 172 g/mol. The molecule has 0 spiro atoms. The smallest absolute Gasteiger partial charge is 0.123 e. The van der Waals surface area contributed by atoms with Crippen LogP contribution in [0.25, 0.3) is 0 Å². The summed E-state index contributed by atoms with van der Waals surface area (Å²) < 4.78 is 5.56. The van der Waals surface area contributed by atoms with Gasteiger partial charge < -0.3 is 4.74 Å². The molecule has 0 saturated carbocycles. The Kier molecular flexibility index (Phi) is 3.98. The van der Waals surface area contributed by atoms with Gasteiger partial charge in [0.05, 0.1) is 0 Å². The second-order valence-corrected chi connectivity index (χ2v) is 3.53. The Morgan fingerprint density at radius 3 is 2.83 bits per heavy atom. The van der Waals surface area contributed by atoms with E-state index in [4.69, 9.17) is 10.6 Å². The van der Waals surface area contributed by atoms with Crippen molar-refractivity contribution in [2.45, 2.75) is 51.8 Å². The molecule has 1 saturated heterocycles. The van der Waals surface area contributed by atoms with Crippen LogP contribution in [0.1, 0.15) is 39.5 Å². The topological polar surface area (TPSA) is 38.5 Å². The van der Waals surface area contributed by atoms with Crippen molar-refractivity contribution in [2.24, 2.45) is 5.84 Å². The van der Waals surface area contributed by atoms with Gasteiger partial charge in [-0.15, -0.1) is 0 Å². The van der Waals surface area contributed by atoms with Crippen LogP contribution in [0.4, 0.5) is 0 Å². The second kappa shape index (κ2) is 4.80. The first-order valence-corrected chi connectivity index (χ1v) is 4.90. The van der Waals surface area contributed by atoms with Crippen LogP contribution in [-0.4, -0.2) is 23.9 Å². The van der Waals surface area contributed by atoms with Crippen LogP contribution in [0.2, 0.25) is 0 Å². The lowest BCUT2D eigenvalue weighted by Gasteiger charge is -2.34. The third-order valence-electron chi connectivity index (χ3n) is 2.59. The molecule has 1 aliphatic rings. The average Bonchev–Trinajstić information content (AvgIpc) is 2.17. The first-order chi connectivity index (χ1) is 5.75. The van der Waals surface area contributed by atoms with Gasteiger partial charge in [0.2, 0.25) is 0 Å². The Labute approximate surface area is 74.8 Å². The van der Waals surface area contributed by atoms with Crippen LogP contribution >= 0.6 is 0 Å². The molecule has 12 heavy (non-hydrogen) atoms. The standard InChI is InChI=1S/C9H20N2O/c1-3-8(2)11(10)9-6-4-5-7-12-9/h8-9H,3-7,10H2,1-2H3. The first-order valence-electron chi connectivity index (χ1n) is 4.90. The zero-order valence-corrected chi connectivity index (χ0v) is 8.12. The normalized spacial score (nSPS) is 27.5. The molecular weight excluding hydrogens is 152 g/mol. The third kappa shape index (κ3) is 2.44. The molecule has 3 heteroatoms. The Bertz CT molecular complexity index is 124. The summed E-state index contributed by atoms with van der Waals surface area (Å²) in [5.41, 5.74) is 0. The van der Waals surface area contributed by atoms with Crippen molar-refractivity contribution >= 4 is 0 Å². The summed E-state index contributed by atoms with van der Waals surface area (Å²) in [6, 6.07) is 0.424. The lowest BCUT2D eigenvalue weighted by Crippen LogP contribution is -2.49. The van der Waals surface area contributed by atoms with Gasteiger partial charge in [0, 0.05) is 12.6 Å². The van der Waals surface area contributed by atoms with Crippen molar-refractivity contribution in [3.8, 4) is 0 Å². The number of nitrogens with two attached hydrogens (primary N) is 1. The molecule has 0 bridgehead atoms. The van der Waals surface area contributed by atoms with Gasteiger partial charge in [-0.1, -0.05) is 6.92 Å². The van der Waals surface area contributed by atoms with Crippen LogP contribution in [0.15, 0.2) is 0 Å². The minimum absolute atomic E-state index is 0.161. The van der Waals surface area contributed by atoms with Crippen LogP contribution in [0.5, 0.6) is 0 Å². The zero-order chi connectivity index (χ0) is 8.97. The fourth-order valence-electron chi connectivity index (χ4n) is 1.45. The summed E-state index contributed by atoms with van der Waals surface area (Å²) in [6.07, 6.45) is 4.75. The summed E-state index contributed by atoms with van der Waals surface area (Å²) in [7, 11) is 0. The van der Waals surface area contributed by atoms with E-state index in [0.717, 1.165) is 19.4 Å². The van der Waals surface area contributed by atoms with E-state index in [1.54, 1.807) is 0 Å². The maximum atomic E-state index is 5.91. The van der Waals surface area contributed by atoms with Crippen LogP contribution in [0, 0.1) is 0 Å². The molecule has 1 heterocycles. The van der Waals surface area contributed by atoms with Gasteiger partial charge in [-0.2, -0.15) is 0 Å². The molecule has 2 unspecified atom stereocenters. The van der Waals surface area contributed by atoms with Crippen molar-refractivity contribution < 1.29 is 4.74 Å². The number of hydrazine groups is 1. The van der Waals surface area contributed by atoms with Crippen molar-refractivity contribution in [1.82, 2.24) is 5.01 Å². The molecule has 1 aliphatic heterocycles. The van der Waals surface area contributed by atoms with Gasteiger partial charge in [0.1, 0.15) is 6.23 Å². The lowest BCUT2D eigenvalue weighted by atomic mass is 10.1. The third-order valence-corrected chi connectivity index (χ3v) is 2.59. The highest BCUT2D eigenvalue weighted by Gasteiger charge is 2.21. The van der Waals surface area contributed by atoms with Gasteiger partial charge in [-0.25, -0.2) is 5.01 Å².